The Morgan fingerprint density at radius 2 is 1.89 bits per heavy atom. The van der Waals surface area contributed by atoms with Gasteiger partial charge in [-0.3, -0.25) is 4.79 Å². The highest BCUT2D eigenvalue weighted by molar-refractivity contribution is 9.10. The molecule has 98 valence electrons. The Balaban J connectivity index is 2.28. The lowest BCUT2D eigenvalue weighted by Crippen LogP contribution is -2.15. The predicted octanol–water partition coefficient (Wildman–Crippen LogP) is 3.51. The second-order valence-electron chi connectivity index (χ2n) is 3.56. The van der Waals surface area contributed by atoms with Crippen LogP contribution in [0.2, 0.25) is 0 Å². The third kappa shape index (κ3) is 3.11. The molecule has 0 radical (unpaired) electrons. The van der Waals surface area contributed by atoms with Gasteiger partial charge in [0, 0.05) is 0 Å². The minimum Gasteiger partial charge on any atom is -0.306 e. The van der Waals surface area contributed by atoms with Crippen molar-refractivity contribution in [3.63, 3.8) is 0 Å². The summed E-state index contributed by atoms with van der Waals surface area (Å²) in [6.07, 6.45) is 0.891. The Hall–Kier alpha value is -1.89. The van der Waals surface area contributed by atoms with Crippen LogP contribution in [0.5, 0.6) is 0 Å². The van der Waals surface area contributed by atoms with Gasteiger partial charge in [-0.15, -0.1) is 0 Å². The largest absolute Gasteiger partial charge is 0.306 e. The molecule has 0 aliphatic rings. The van der Waals surface area contributed by atoms with Gasteiger partial charge in [-0.05, 0) is 40.2 Å². The van der Waals surface area contributed by atoms with Gasteiger partial charge in [0.1, 0.15) is 23.3 Å². The van der Waals surface area contributed by atoms with E-state index >= 15 is 0 Å². The standard InChI is InChI=1S/C12H6BrF3N2O/c13-9-4-7(15)5-17-11(9)18-12(19)8-3-6(14)1-2-10(8)16/h1-5H,(H,17,18,19). The van der Waals surface area contributed by atoms with E-state index in [-0.39, 0.29) is 10.3 Å². The zero-order valence-electron chi connectivity index (χ0n) is 9.25. The van der Waals surface area contributed by atoms with E-state index in [1.165, 1.54) is 0 Å². The number of carbonyl (C=O) groups is 1. The lowest BCUT2D eigenvalue weighted by atomic mass is 10.2. The van der Waals surface area contributed by atoms with Crippen molar-refractivity contribution in [3.8, 4) is 0 Å². The van der Waals surface area contributed by atoms with Gasteiger partial charge in [0.2, 0.25) is 0 Å². The van der Waals surface area contributed by atoms with Crippen LogP contribution >= 0.6 is 15.9 Å². The van der Waals surface area contributed by atoms with Gasteiger partial charge in [0.25, 0.3) is 5.91 Å². The Morgan fingerprint density at radius 1 is 1.16 bits per heavy atom. The number of benzene rings is 1. The summed E-state index contributed by atoms with van der Waals surface area (Å²) in [5.74, 6) is -3.07. The second kappa shape index (κ2) is 5.40. The summed E-state index contributed by atoms with van der Waals surface area (Å²) in [6.45, 7) is 0. The van der Waals surface area contributed by atoms with Crippen LogP contribution in [0.3, 0.4) is 0 Å². The van der Waals surface area contributed by atoms with Crippen molar-refractivity contribution in [3.05, 3.63) is 58.0 Å². The van der Waals surface area contributed by atoms with E-state index in [1.54, 1.807) is 0 Å². The summed E-state index contributed by atoms with van der Waals surface area (Å²) in [7, 11) is 0. The van der Waals surface area contributed by atoms with Gasteiger partial charge < -0.3 is 5.32 Å². The van der Waals surface area contributed by atoms with Crippen LogP contribution in [0, 0.1) is 17.5 Å². The number of hydrogen-bond donors (Lipinski definition) is 1. The minimum atomic E-state index is -0.878. The number of halogens is 4. The molecule has 1 aromatic carbocycles. The van der Waals surface area contributed by atoms with Crippen LogP contribution < -0.4 is 5.32 Å². The number of rotatable bonds is 2. The fourth-order valence-corrected chi connectivity index (χ4v) is 1.77. The Kier molecular flexibility index (Phi) is 3.84. The Morgan fingerprint density at radius 3 is 2.58 bits per heavy atom. The first-order chi connectivity index (χ1) is 8.97. The highest BCUT2D eigenvalue weighted by atomic mass is 79.9. The smallest absolute Gasteiger partial charge is 0.259 e. The second-order valence-corrected chi connectivity index (χ2v) is 4.42. The number of carbonyl (C=O) groups excluding carboxylic acids is 1. The highest BCUT2D eigenvalue weighted by Gasteiger charge is 2.15. The van der Waals surface area contributed by atoms with E-state index in [2.05, 4.69) is 26.2 Å². The highest BCUT2D eigenvalue weighted by Crippen LogP contribution is 2.21. The molecule has 1 amide bonds. The van der Waals surface area contributed by atoms with Crippen molar-refractivity contribution in [2.45, 2.75) is 0 Å². The fraction of sp³-hybridized carbons (Fsp3) is 0. The Bertz CT molecular complexity index is 649. The van der Waals surface area contributed by atoms with E-state index in [9.17, 15) is 18.0 Å². The number of pyridine rings is 1. The van der Waals surface area contributed by atoms with Crippen molar-refractivity contribution in [2.75, 3.05) is 5.32 Å². The molecule has 2 rings (SSSR count). The van der Waals surface area contributed by atoms with Crippen LogP contribution in [0.15, 0.2) is 34.9 Å². The number of nitrogens with one attached hydrogen (secondary N) is 1. The fourth-order valence-electron chi connectivity index (χ4n) is 1.35. The van der Waals surface area contributed by atoms with Gasteiger partial charge in [-0.1, -0.05) is 0 Å². The zero-order chi connectivity index (χ0) is 14.0. The maximum Gasteiger partial charge on any atom is 0.259 e. The molecule has 2 aromatic rings. The van der Waals surface area contributed by atoms with Gasteiger partial charge >= 0.3 is 0 Å². The number of aromatic nitrogens is 1. The maximum atomic E-state index is 13.4. The van der Waals surface area contributed by atoms with Gasteiger partial charge in [0.15, 0.2) is 0 Å². The molecule has 1 aromatic heterocycles. The molecule has 0 unspecified atom stereocenters. The molecule has 1 heterocycles. The first kappa shape index (κ1) is 13.5. The maximum absolute atomic E-state index is 13.4. The topological polar surface area (TPSA) is 42.0 Å². The van der Waals surface area contributed by atoms with Crippen LogP contribution in [0.4, 0.5) is 19.0 Å². The quantitative estimate of drug-likeness (QED) is 0.915. The molecule has 0 aliphatic heterocycles. The number of hydrogen-bond acceptors (Lipinski definition) is 2. The number of nitrogens with zero attached hydrogens (tertiary/aromatic N) is 1. The van der Waals surface area contributed by atoms with Gasteiger partial charge in [0.05, 0.1) is 16.2 Å². The third-order valence-electron chi connectivity index (χ3n) is 2.21. The van der Waals surface area contributed by atoms with Crippen molar-refractivity contribution in [2.24, 2.45) is 0 Å². The molecule has 3 nitrogen and oxygen atoms in total. The van der Waals surface area contributed by atoms with Gasteiger partial charge in [-0.2, -0.15) is 0 Å². The average molecular weight is 331 g/mol. The van der Waals surface area contributed by atoms with E-state index in [4.69, 9.17) is 0 Å². The van der Waals surface area contributed by atoms with Gasteiger partial charge in [-0.25, -0.2) is 18.2 Å². The summed E-state index contributed by atoms with van der Waals surface area (Å²) < 4.78 is 39.3. The molecule has 0 saturated carbocycles. The predicted molar refractivity (Wildman–Crippen MR) is 66.2 cm³/mol. The van der Waals surface area contributed by atoms with E-state index in [0.717, 1.165) is 30.5 Å². The van der Waals surface area contributed by atoms with Crippen LogP contribution in [0.25, 0.3) is 0 Å². The monoisotopic (exact) mass is 330 g/mol. The lowest BCUT2D eigenvalue weighted by molar-refractivity contribution is 0.102. The molecular formula is C12H6BrF3N2O. The molecule has 0 fully saturated rings. The van der Waals surface area contributed by atoms with Crippen LogP contribution in [0.1, 0.15) is 10.4 Å². The molecule has 0 atom stereocenters. The summed E-state index contributed by atoms with van der Waals surface area (Å²) in [5, 5.41) is 2.25. The molecule has 19 heavy (non-hydrogen) atoms. The summed E-state index contributed by atoms with van der Waals surface area (Å²) >= 11 is 3.00. The molecule has 0 aliphatic carbocycles. The van der Waals surface area contributed by atoms with Crippen LogP contribution in [-0.4, -0.2) is 10.9 Å². The molecule has 1 N–H and O–H groups in total. The van der Waals surface area contributed by atoms with Crippen molar-refractivity contribution >= 4 is 27.7 Å². The van der Waals surface area contributed by atoms with Crippen LogP contribution in [-0.2, 0) is 0 Å². The SMILES string of the molecule is O=C(Nc1ncc(F)cc1Br)c1cc(F)ccc1F. The summed E-state index contributed by atoms with van der Waals surface area (Å²) in [6, 6.07) is 3.60. The first-order valence-electron chi connectivity index (χ1n) is 5.05. The molecule has 0 spiro atoms. The third-order valence-corrected chi connectivity index (χ3v) is 2.82. The van der Waals surface area contributed by atoms with Crippen molar-refractivity contribution in [1.29, 1.82) is 0 Å². The molecular weight excluding hydrogens is 325 g/mol. The number of amides is 1. The zero-order valence-corrected chi connectivity index (χ0v) is 10.8. The normalized spacial score (nSPS) is 10.3. The Labute approximate surface area is 114 Å². The average Bonchev–Trinajstić information content (AvgIpc) is 2.35. The molecule has 0 bridgehead atoms. The number of anilines is 1. The first-order valence-corrected chi connectivity index (χ1v) is 5.84. The van der Waals surface area contributed by atoms with Crippen molar-refractivity contribution in [1.82, 2.24) is 4.98 Å². The minimum absolute atomic E-state index is 0.00932. The van der Waals surface area contributed by atoms with E-state index < -0.39 is 28.9 Å². The molecule has 7 heteroatoms. The lowest BCUT2D eigenvalue weighted by Gasteiger charge is -2.07. The summed E-state index contributed by atoms with van der Waals surface area (Å²) in [4.78, 5) is 15.4. The van der Waals surface area contributed by atoms with E-state index in [0.29, 0.717) is 0 Å². The van der Waals surface area contributed by atoms with E-state index in [1.807, 2.05) is 0 Å². The summed E-state index contributed by atoms with van der Waals surface area (Å²) in [5.41, 5.74) is -0.460. The van der Waals surface area contributed by atoms with Crippen molar-refractivity contribution < 1.29 is 18.0 Å². The molecule has 0 saturated heterocycles.